The summed E-state index contributed by atoms with van der Waals surface area (Å²) in [5.74, 6) is -1.80. The molecule has 0 radical (unpaired) electrons. The fourth-order valence-electron chi connectivity index (χ4n) is 3.01. The van der Waals surface area contributed by atoms with Crippen LogP contribution in [0.1, 0.15) is 24.8 Å². The van der Waals surface area contributed by atoms with Gasteiger partial charge in [-0.15, -0.1) is 0 Å². The molecule has 2 aromatic rings. The molecule has 1 aliphatic rings. The molecule has 0 unspecified atom stereocenters. The number of carboxylic acids is 1. The van der Waals surface area contributed by atoms with Crippen molar-refractivity contribution in [3.8, 4) is 0 Å². The lowest BCUT2D eigenvalue weighted by molar-refractivity contribution is -0.142. The Morgan fingerprint density at radius 2 is 2.29 bits per heavy atom. The quantitative estimate of drug-likeness (QED) is 0.753. The molecule has 1 aromatic heterocycles. The van der Waals surface area contributed by atoms with Crippen LogP contribution < -0.4 is 5.32 Å². The fraction of sp³-hybridized carbons (Fsp3) is 0.412. The third kappa shape index (κ3) is 3.73. The van der Waals surface area contributed by atoms with Gasteiger partial charge in [0.1, 0.15) is 11.9 Å². The standard InChI is InChI=1S/C17H19FN2O4/c18-11-3-4-13-10(9-19-14(13)7-11)6-15(17(22)23)20-16(21)8-12-2-1-5-24-12/h3-4,7,9,12,15,19H,1-2,5-6,8H2,(H,20,21)(H,22,23)/t12-,15+/m0/s1. The van der Waals surface area contributed by atoms with Gasteiger partial charge in [0.25, 0.3) is 0 Å². The van der Waals surface area contributed by atoms with Crippen molar-refractivity contribution in [3.63, 3.8) is 0 Å². The predicted molar refractivity (Wildman–Crippen MR) is 85.1 cm³/mol. The molecule has 3 N–H and O–H groups in total. The lowest BCUT2D eigenvalue weighted by Crippen LogP contribution is -2.43. The Bertz CT molecular complexity index is 752. The minimum Gasteiger partial charge on any atom is -0.480 e. The molecule has 0 spiro atoms. The Balaban J connectivity index is 1.68. The molecule has 2 heterocycles. The fourth-order valence-corrected chi connectivity index (χ4v) is 3.01. The number of ether oxygens (including phenoxy) is 1. The lowest BCUT2D eigenvalue weighted by Gasteiger charge is -2.16. The van der Waals surface area contributed by atoms with Crippen molar-refractivity contribution in [3.05, 3.63) is 35.8 Å². The second kappa shape index (κ2) is 7.00. The average Bonchev–Trinajstić information content (AvgIpc) is 3.16. The van der Waals surface area contributed by atoms with Crippen LogP contribution in [0.5, 0.6) is 0 Å². The highest BCUT2D eigenvalue weighted by Gasteiger charge is 2.25. The number of hydrogen-bond donors (Lipinski definition) is 3. The predicted octanol–water partition coefficient (Wildman–Crippen LogP) is 1.99. The number of fused-ring (bicyclic) bond motifs is 1. The summed E-state index contributed by atoms with van der Waals surface area (Å²) in [6.45, 7) is 0.645. The molecule has 128 valence electrons. The summed E-state index contributed by atoms with van der Waals surface area (Å²) in [5.41, 5.74) is 1.31. The van der Waals surface area contributed by atoms with Crippen molar-refractivity contribution in [2.75, 3.05) is 6.61 Å². The second-order valence-electron chi connectivity index (χ2n) is 6.01. The molecule has 6 nitrogen and oxygen atoms in total. The molecular weight excluding hydrogens is 315 g/mol. The van der Waals surface area contributed by atoms with E-state index in [0.29, 0.717) is 12.1 Å². The number of carboxylic acid groups (broad SMARTS) is 1. The Morgan fingerprint density at radius 1 is 1.46 bits per heavy atom. The number of carbonyl (C=O) groups excluding carboxylic acids is 1. The number of aromatic amines is 1. The second-order valence-corrected chi connectivity index (χ2v) is 6.01. The van der Waals surface area contributed by atoms with Crippen LogP contribution in [0, 0.1) is 5.82 Å². The first-order valence-electron chi connectivity index (χ1n) is 7.92. The Kier molecular flexibility index (Phi) is 4.80. The highest BCUT2D eigenvalue weighted by atomic mass is 19.1. The van der Waals surface area contributed by atoms with Crippen molar-refractivity contribution in [1.82, 2.24) is 10.3 Å². The summed E-state index contributed by atoms with van der Waals surface area (Å²) in [6.07, 6.45) is 3.55. The normalized spacial score (nSPS) is 18.6. The van der Waals surface area contributed by atoms with Crippen molar-refractivity contribution in [2.45, 2.75) is 37.8 Å². The van der Waals surface area contributed by atoms with Crippen LogP contribution in [0.3, 0.4) is 0 Å². The molecule has 0 aliphatic carbocycles. The molecule has 1 amide bonds. The highest BCUT2D eigenvalue weighted by molar-refractivity contribution is 5.86. The minimum absolute atomic E-state index is 0.123. The molecule has 0 saturated carbocycles. The third-order valence-electron chi connectivity index (χ3n) is 4.22. The third-order valence-corrected chi connectivity index (χ3v) is 4.22. The van der Waals surface area contributed by atoms with Gasteiger partial charge in [0.15, 0.2) is 0 Å². The summed E-state index contributed by atoms with van der Waals surface area (Å²) in [6, 6.07) is 3.24. The number of aromatic nitrogens is 1. The van der Waals surface area contributed by atoms with E-state index < -0.39 is 12.0 Å². The van der Waals surface area contributed by atoms with Gasteiger partial charge in [0.2, 0.25) is 5.91 Å². The van der Waals surface area contributed by atoms with Crippen LogP contribution in [-0.4, -0.2) is 40.7 Å². The van der Waals surface area contributed by atoms with Crippen LogP contribution in [-0.2, 0) is 20.7 Å². The molecule has 1 fully saturated rings. The zero-order valence-corrected chi connectivity index (χ0v) is 13.0. The van der Waals surface area contributed by atoms with Crippen LogP contribution in [0.4, 0.5) is 4.39 Å². The van der Waals surface area contributed by atoms with Crippen molar-refractivity contribution in [2.24, 2.45) is 0 Å². The number of halogens is 1. The number of benzene rings is 1. The van der Waals surface area contributed by atoms with Gasteiger partial charge in [-0.2, -0.15) is 0 Å². The number of rotatable bonds is 6. The van der Waals surface area contributed by atoms with Crippen LogP contribution in [0.2, 0.25) is 0 Å². The summed E-state index contributed by atoms with van der Waals surface area (Å²) >= 11 is 0. The smallest absolute Gasteiger partial charge is 0.326 e. The number of amides is 1. The van der Waals surface area contributed by atoms with Crippen molar-refractivity contribution < 1.29 is 23.8 Å². The Hall–Kier alpha value is -2.41. The minimum atomic E-state index is -1.10. The number of H-pyrrole nitrogens is 1. The first-order chi connectivity index (χ1) is 11.5. The van der Waals surface area contributed by atoms with Gasteiger partial charge in [0.05, 0.1) is 12.5 Å². The van der Waals surface area contributed by atoms with Gasteiger partial charge in [-0.05, 0) is 36.6 Å². The van der Waals surface area contributed by atoms with Gasteiger partial charge in [-0.1, -0.05) is 0 Å². The van der Waals surface area contributed by atoms with E-state index in [2.05, 4.69) is 10.3 Å². The van der Waals surface area contributed by atoms with Gasteiger partial charge in [-0.3, -0.25) is 4.79 Å². The number of aliphatic carboxylic acids is 1. The zero-order valence-electron chi connectivity index (χ0n) is 13.0. The molecule has 24 heavy (non-hydrogen) atoms. The van der Waals surface area contributed by atoms with E-state index in [0.717, 1.165) is 23.8 Å². The Labute approximate surface area is 138 Å². The molecule has 7 heteroatoms. The Morgan fingerprint density at radius 3 is 3.00 bits per heavy atom. The summed E-state index contributed by atoms with van der Waals surface area (Å²) in [4.78, 5) is 26.4. The number of carbonyl (C=O) groups is 2. The van der Waals surface area contributed by atoms with Gasteiger partial charge in [0, 0.05) is 30.1 Å². The van der Waals surface area contributed by atoms with Crippen molar-refractivity contribution >= 4 is 22.8 Å². The first-order valence-corrected chi connectivity index (χ1v) is 7.92. The van der Waals surface area contributed by atoms with E-state index in [1.807, 2.05) is 0 Å². The maximum absolute atomic E-state index is 13.2. The number of hydrogen-bond acceptors (Lipinski definition) is 3. The van der Waals surface area contributed by atoms with Crippen LogP contribution in [0.25, 0.3) is 10.9 Å². The maximum atomic E-state index is 13.2. The average molecular weight is 334 g/mol. The van der Waals surface area contributed by atoms with E-state index in [1.54, 1.807) is 12.3 Å². The molecule has 1 aromatic carbocycles. The zero-order chi connectivity index (χ0) is 17.1. The molecular formula is C17H19FN2O4. The van der Waals surface area contributed by atoms with Gasteiger partial charge in [-0.25, -0.2) is 9.18 Å². The first kappa shape index (κ1) is 16.4. The van der Waals surface area contributed by atoms with E-state index >= 15 is 0 Å². The molecule has 1 aliphatic heterocycles. The van der Waals surface area contributed by atoms with Gasteiger partial charge < -0.3 is 20.1 Å². The number of nitrogens with one attached hydrogen (secondary N) is 2. The molecule has 0 bridgehead atoms. The SMILES string of the molecule is O=C(C[C@@H]1CCCO1)N[C@H](Cc1c[nH]c2cc(F)ccc12)C(=O)O. The van der Waals surface area contributed by atoms with Gasteiger partial charge >= 0.3 is 5.97 Å². The molecule has 1 saturated heterocycles. The largest absolute Gasteiger partial charge is 0.480 e. The summed E-state index contributed by atoms with van der Waals surface area (Å²) < 4.78 is 18.6. The highest BCUT2D eigenvalue weighted by Crippen LogP contribution is 2.21. The maximum Gasteiger partial charge on any atom is 0.326 e. The van der Waals surface area contributed by atoms with E-state index in [-0.39, 0.29) is 30.7 Å². The summed E-state index contributed by atoms with van der Waals surface area (Å²) in [7, 11) is 0. The lowest BCUT2D eigenvalue weighted by atomic mass is 10.0. The summed E-state index contributed by atoms with van der Waals surface area (Å²) in [5, 5.41) is 12.7. The van der Waals surface area contributed by atoms with E-state index in [1.165, 1.54) is 12.1 Å². The van der Waals surface area contributed by atoms with Crippen LogP contribution >= 0.6 is 0 Å². The van der Waals surface area contributed by atoms with Crippen molar-refractivity contribution in [1.29, 1.82) is 0 Å². The molecule has 2 atom stereocenters. The van der Waals surface area contributed by atoms with Crippen LogP contribution in [0.15, 0.2) is 24.4 Å². The molecule has 3 rings (SSSR count). The topological polar surface area (TPSA) is 91.4 Å². The van der Waals surface area contributed by atoms with E-state index in [4.69, 9.17) is 4.74 Å². The van der Waals surface area contributed by atoms with E-state index in [9.17, 15) is 19.1 Å². The monoisotopic (exact) mass is 334 g/mol.